The van der Waals surface area contributed by atoms with Crippen molar-refractivity contribution in [1.82, 2.24) is 4.90 Å². The van der Waals surface area contributed by atoms with Crippen molar-refractivity contribution in [2.45, 2.75) is 57.2 Å². The molecule has 5 heteroatoms. The molecule has 2 fully saturated rings. The molecule has 2 saturated heterocycles. The smallest absolute Gasteiger partial charge is 0.314 e. The van der Waals surface area contributed by atoms with Crippen molar-refractivity contribution in [3.8, 4) is 5.75 Å². The van der Waals surface area contributed by atoms with E-state index in [9.17, 15) is 15.0 Å². The van der Waals surface area contributed by atoms with Gasteiger partial charge < -0.3 is 19.8 Å². The van der Waals surface area contributed by atoms with Gasteiger partial charge in [-0.05, 0) is 63.8 Å². The Morgan fingerprint density at radius 3 is 2.38 bits per heavy atom. The molecular formula is C19H27NO4. The molecule has 0 amide bonds. The number of aromatic hydroxyl groups is 1. The first-order chi connectivity index (χ1) is 11.4. The molecule has 1 aromatic carbocycles. The van der Waals surface area contributed by atoms with Crippen molar-refractivity contribution in [3.05, 3.63) is 29.8 Å². The Kier molecular flexibility index (Phi) is 4.83. The van der Waals surface area contributed by atoms with Gasteiger partial charge in [0, 0.05) is 12.1 Å². The molecule has 132 valence electrons. The highest BCUT2D eigenvalue weighted by atomic mass is 16.5. The van der Waals surface area contributed by atoms with E-state index in [-0.39, 0.29) is 24.4 Å². The molecule has 0 spiro atoms. The molecule has 3 rings (SSSR count). The monoisotopic (exact) mass is 333 g/mol. The number of carbonyl (C=O) groups is 1. The average molecular weight is 333 g/mol. The van der Waals surface area contributed by atoms with Crippen LogP contribution in [0.1, 0.15) is 38.2 Å². The van der Waals surface area contributed by atoms with Crippen LogP contribution in [0.5, 0.6) is 5.75 Å². The van der Waals surface area contributed by atoms with Gasteiger partial charge in [0.1, 0.15) is 11.9 Å². The maximum absolute atomic E-state index is 12.7. The third-order valence-electron chi connectivity index (χ3n) is 5.70. The predicted molar refractivity (Wildman–Crippen MR) is 90.7 cm³/mol. The van der Waals surface area contributed by atoms with Crippen molar-refractivity contribution in [1.29, 1.82) is 0 Å². The summed E-state index contributed by atoms with van der Waals surface area (Å²) in [7, 11) is 2.16. The molecule has 0 radical (unpaired) electrons. The lowest BCUT2D eigenvalue weighted by atomic mass is 9.84. The number of phenolic OH excluding ortho intramolecular Hbond substituents is 1. The predicted octanol–water partition coefficient (Wildman–Crippen LogP) is 2.10. The van der Waals surface area contributed by atoms with E-state index in [2.05, 4.69) is 11.9 Å². The molecule has 2 aliphatic rings. The topological polar surface area (TPSA) is 70.0 Å². The van der Waals surface area contributed by atoms with Crippen LogP contribution in [0.3, 0.4) is 0 Å². The molecule has 2 aliphatic heterocycles. The van der Waals surface area contributed by atoms with Crippen LogP contribution in [-0.2, 0) is 16.0 Å². The van der Waals surface area contributed by atoms with Crippen LogP contribution < -0.4 is 0 Å². The van der Waals surface area contributed by atoms with Crippen LogP contribution >= 0.6 is 0 Å². The second kappa shape index (κ2) is 6.73. The fourth-order valence-electron chi connectivity index (χ4n) is 4.01. The van der Waals surface area contributed by atoms with Crippen molar-refractivity contribution < 1.29 is 19.7 Å². The van der Waals surface area contributed by atoms with Gasteiger partial charge in [-0.2, -0.15) is 0 Å². The fraction of sp³-hybridized carbons (Fsp3) is 0.632. The third kappa shape index (κ3) is 3.42. The lowest BCUT2D eigenvalue weighted by Crippen LogP contribution is -2.45. The number of aliphatic hydroxyl groups is 1. The number of hydrogen-bond donors (Lipinski definition) is 2. The molecule has 0 aromatic heterocycles. The average Bonchev–Trinajstić information content (AvgIpc) is 2.78. The molecule has 3 atom stereocenters. The minimum absolute atomic E-state index is 0.0445. The summed E-state index contributed by atoms with van der Waals surface area (Å²) >= 11 is 0. The van der Waals surface area contributed by atoms with Gasteiger partial charge in [-0.1, -0.05) is 12.1 Å². The Morgan fingerprint density at radius 2 is 1.83 bits per heavy atom. The van der Waals surface area contributed by atoms with Crippen molar-refractivity contribution in [2.24, 2.45) is 5.41 Å². The van der Waals surface area contributed by atoms with E-state index in [1.807, 2.05) is 0 Å². The molecule has 2 N–H and O–H groups in total. The van der Waals surface area contributed by atoms with E-state index in [1.54, 1.807) is 31.2 Å². The first kappa shape index (κ1) is 17.2. The number of aliphatic hydroxyl groups excluding tert-OH is 1. The van der Waals surface area contributed by atoms with E-state index >= 15 is 0 Å². The van der Waals surface area contributed by atoms with Crippen molar-refractivity contribution >= 4 is 5.97 Å². The van der Waals surface area contributed by atoms with E-state index in [4.69, 9.17) is 4.74 Å². The standard InChI is InChI=1S/C19H27NO4/c1-19(12-21,11-13-3-7-16(22)8-4-13)18(23)24-17-9-14-5-6-15(10-17)20(14)2/h3-4,7-8,14-15,17,21-22H,5-6,9-12H2,1-2H3. The molecule has 3 unspecified atom stereocenters. The summed E-state index contributed by atoms with van der Waals surface area (Å²) in [6, 6.07) is 7.75. The van der Waals surface area contributed by atoms with Gasteiger partial charge in [-0.15, -0.1) is 0 Å². The highest BCUT2D eigenvalue weighted by molar-refractivity contribution is 5.77. The fourth-order valence-corrected chi connectivity index (χ4v) is 4.01. The van der Waals surface area contributed by atoms with Crippen LogP contribution in [0.4, 0.5) is 0 Å². The van der Waals surface area contributed by atoms with Gasteiger partial charge >= 0.3 is 5.97 Å². The largest absolute Gasteiger partial charge is 0.508 e. The number of piperidine rings is 1. The summed E-state index contributed by atoms with van der Waals surface area (Å²) in [6.07, 6.45) is 4.48. The molecule has 0 aliphatic carbocycles. The molecule has 5 nitrogen and oxygen atoms in total. The Balaban J connectivity index is 1.64. The Labute approximate surface area is 143 Å². The minimum Gasteiger partial charge on any atom is -0.508 e. The molecule has 1 aromatic rings. The SMILES string of the molecule is CN1C2CCC1CC(OC(=O)C(C)(CO)Cc1ccc(O)cc1)C2. The third-order valence-corrected chi connectivity index (χ3v) is 5.70. The summed E-state index contributed by atoms with van der Waals surface area (Å²) in [5, 5.41) is 19.2. The maximum Gasteiger partial charge on any atom is 0.314 e. The normalized spacial score (nSPS) is 29.2. The molecule has 0 saturated carbocycles. The van der Waals surface area contributed by atoms with E-state index in [0.29, 0.717) is 18.5 Å². The summed E-state index contributed by atoms with van der Waals surface area (Å²) in [5.74, 6) is -0.138. The van der Waals surface area contributed by atoms with Crippen molar-refractivity contribution in [3.63, 3.8) is 0 Å². The molecule has 2 bridgehead atoms. The number of rotatable bonds is 5. The quantitative estimate of drug-likeness (QED) is 0.808. The van der Waals surface area contributed by atoms with Gasteiger partial charge in [-0.25, -0.2) is 0 Å². The number of carbonyl (C=O) groups excluding carboxylic acids is 1. The zero-order chi connectivity index (χ0) is 17.3. The number of benzene rings is 1. The molecule has 2 heterocycles. The van der Waals surface area contributed by atoms with Gasteiger partial charge in [0.2, 0.25) is 0 Å². The second-order valence-electron chi connectivity index (χ2n) is 7.61. The van der Waals surface area contributed by atoms with Crippen LogP contribution in [0.2, 0.25) is 0 Å². The van der Waals surface area contributed by atoms with Crippen LogP contribution in [0, 0.1) is 5.41 Å². The van der Waals surface area contributed by atoms with Crippen LogP contribution in [0.25, 0.3) is 0 Å². The highest BCUT2D eigenvalue weighted by Crippen LogP contribution is 2.36. The lowest BCUT2D eigenvalue weighted by Gasteiger charge is -2.37. The Bertz CT molecular complexity index is 574. The second-order valence-corrected chi connectivity index (χ2v) is 7.61. The Morgan fingerprint density at radius 1 is 1.25 bits per heavy atom. The zero-order valence-corrected chi connectivity index (χ0v) is 14.4. The molecule has 24 heavy (non-hydrogen) atoms. The minimum atomic E-state index is -0.959. The van der Waals surface area contributed by atoms with E-state index in [0.717, 1.165) is 18.4 Å². The number of fused-ring (bicyclic) bond motifs is 2. The number of phenols is 1. The van der Waals surface area contributed by atoms with E-state index in [1.165, 1.54) is 12.8 Å². The number of hydrogen-bond acceptors (Lipinski definition) is 5. The maximum atomic E-state index is 12.7. The number of nitrogens with zero attached hydrogens (tertiary/aromatic N) is 1. The summed E-state index contributed by atoms with van der Waals surface area (Å²) in [6.45, 7) is 1.48. The first-order valence-electron chi connectivity index (χ1n) is 8.73. The summed E-state index contributed by atoms with van der Waals surface area (Å²) in [5.41, 5.74) is -0.0657. The number of ether oxygens (including phenoxy) is 1. The van der Waals surface area contributed by atoms with Crippen LogP contribution in [0.15, 0.2) is 24.3 Å². The Hall–Kier alpha value is -1.59. The molecular weight excluding hydrogens is 306 g/mol. The summed E-state index contributed by atoms with van der Waals surface area (Å²) < 4.78 is 5.80. The van der Waals surface area contributed by atoms with Gasteiger partial charge in [-0.3, -0.25) is 4.79 Å². The van der Waals surface area contributed by atoms with Crippen molar-refractivity contribution in [2.75, 3.05) is 13.7 Å². The first-order valence-corrected chi connectivity index (χ1v) is 8.73. The van der Waals surface area contributed by atoms with Gasteiger partial charge in [0.05, 0.1) is 12.0 Å². The van der Waals surface area contributed by atoms with Crippen LogP contribution in [-0.4, -0.2) is 52.9 Å². The van der Waals surface area contributed by atoms with Gasteiger partial charge in [0.25, 0.3) is 0 Å². The lowest BCUT2D eigenvalue weighted by molar-refractivity contribution is -0.166. The zero-order valence-electron chi connectivity index (χ0n) is 14.4. The van der Waals surface area contributed by atoms with E-state index < -0.39 is 5.41 Å². The number of esters is 1. The summed E-state index contributed by atoms with van der Waals surface area (Å²) in [4.78, 5) is 15.1. The van der Waals surface area contributed by atoms with Gasteiger partial charge in [0.15, 0.2) is 0 Å². The highest BCUT2D eigenvalue weighted by Gasteiger charge is 2.42.